The van der Waals surface area contributed by atoms with Crippen molar-refractivity contribution < 1.29 is 13.9 Å². The Labute approximate surface area is 99.4 Å². The molecule has 0 aliphatic carbocycles. The van der Waals surface area contributed by atoms with Crippen LogP contribution in [-0.4, -0.2) is 18.5 Å². The molecule has 0 atom stereocenters. The van der Waals surface area contributed by atoms with E-state index < -0.39 is 5.82 Å². The molecule has 0 amide bonds. The lowest BCUT2D eigenvalue weighted by molar-refractivity contribution is -0.124. The molecule has 16 heavy (non-hydrogen) atoms. The van der Waals surface area contributed by atoms with Gasteiger partial charge in [0.25, 0.3) is 0 Å². The van der Waals surface area contributed by atoms with Crippen molar-refractivity contribution in [2.24, 2.45) is 0 Å². The molecule has 0 bridgehead atoms. The molecule has 1 rings (SSSR count). The van der Waals surface area contributed by atoms with Crippen LogP contribution < -0.4 is 0 Å². The van der Waals surface area contributed by atoms with Crippen LogP contribution in [-0.2, 0) is 16.0 Å². The standard InChI is InChI=1S/C12H14ClFO2/c1-8(2)16-7-11(15)5-9-3-4-10(13)6-12(9)14/h3-4,6,8H,5,7H2,1-2H3. The summed E-state index contributed by atoms with van der Waals surface area (Å²) in [5.74, 6) is -0.597. The molecule has 0 N–H and O–H groups in total. The van der Waals surface area contributed by atoms with Gasteiger partial charge in [-0.3, -0.25) is 4.79 Å². The molecule has 0 aliphatic rings. The average Bonchev–Trinajstić information content (AvgIpc) is 2.19. The second-order valence-corrected chi connectivity index (χ2v) is 4.25. The minimum absolute atomic E-state index is 0.000912. The van der Waals surface area contributed by atoms with Crippen molar-refractivity contribution in [2.75, 3.05) is 6.61 Å². The van der Waals surface area contributed by atoms with Crippen LogP contribution in [0.4, 0.5) is 4.39 Å². The Kier molecular flexibility index (Phi) is 4.90. The lowest BCUT2D eigenvalue weighted by Gasteiger charge is -2.07. The van der Waals surface area contributed by atoms with Crippen LogP contribution in [0.15, 0.2) is 18.2 Å². The summed E-state index contributed by atoms with van der Waals surface area (Å²) in [5.41, 5.74) is 0.349. The highest BCUT2D eigenvalue weighted by molar-refractivity contribution is 6.30. The molecular weight excluding hydrogens is 231 g/mol. The quantitative estimate of drug-likeness (QED) is 0.796. The van der Waals surface area contributed by atoms with Crippen LogP contribution in [0, 0.1) is 5.82 Å². The predicted octanol–water partition coefficient (Wildman–Crippen LogP) is 3.02. The lowest BCUT2D eigenvalue weighted by atomic mass is 10.1. The second-order valence-electron chi connectivity index (χ2n) is 3.81. The summed E-state index contributed by atoms with van der Waals surface area (Å²) >= 11 is 5.61. The van der Waals surface area contributed by atoms with E-state index in [1.807, 2.05) is 13.8 Å². The van der Waals surface area contributed by atoms with Crippen LogP contribution in [0.3, 0.4) is 0 Å². The molecule has 2 nitrogen and oxygen atoms in total. The first-order valence-corrected chi connectivity index (χ1v) is 5.44. The summed E-state index contributed by atoms with van der Waals surface area (Å²) in [5, 5.41) is 0.326. The van der Waals surface area contributed by atoms with Gasteiger partial charge in [0.2, 0.25) is 0 Å². The summed E-state index contributed by atoms with van der Waals surface area (Å²) in [7, 11) is 0. The number of benzene rings is 1. The molecular formula is C12H14ClFO2. The van der Waals surface area contributed by atoms with Crippen molar-refractivity contribution in [2.45, 2.75) is 26.4 Å². The third-order valence-electron chi connectivity index (χ3n) is 1.98. The molecule has 0 spiro atoms. The van der Waals surface area contributed by atoms with Crippen molar-refractivity contribution >= 4 is 17.4 Å². The number of hydrogen-bond acceptors (Lipinski definition) is 2. The average molecular weight is 245 g/mol. The fourth-order valence-electron chi connectivity index (χ4n) is 1.19. The van der Waals surface area contributed by atoms with E-state index in [0.29, 0.717) is 10.6 Å². The monoisotopic (exact) mass is 244 g/mol. The number of ether oxygens (including phenoxy) is 1. The number of hydrogen-bond donors (Lipinski definition) is 0. The fourth-order valence-corrected chi connectivity index (χ4v) is 1.35. The van der Waals surface area contributed by atoms with E-state index in [-0.39, 0.29) is 24.9 Å². The first-order valence-electron chi connectivity index (χ1n) is 5.06. The Morgan fingerprint density at radius 2 is 2.19 bits per heavy atom. The zero-order valence-electron chi connectivity index (χ0n) is 9.30. The number of rotatable bonds is 5. The molecule has 88 valence electrons. The van der Waals surface area contributed by atoms with Crippen LogP contribution in [0.25, 0.3) is 0 Å². The fraction of sp³-hybridized carbons (Fsp3) is 0.417. The minimum Gasteiger partial charge on any atom is -0.371 e. The highest BCUT2D eigenvalue weighted by Gasteiger charge is 2.09. The third kappa shape index (κ3) is 4.29. The van der Waals surface area contributed by atoms with Gasteiger partial charge in [0.05, 0.1) is 6.10 Å². The first-order chi connectivity index (χ1) is 7.49. The van der Waals surface area contributed by atoms with Crippen molar-refractivity contribution in [1.82, 2.24) is 0 Å². The van der Waals surface area contributed by atoms with Gasteiger partial charge in [0, 0.05) is 11.4 Å². The molecule has 0 saturated heterocycles. The van der Waals surface area contributed by atoms with Gasteiger partial charge in [0.15, 0.2) is 5.78 Å². The summed E-state index contributed by atoms with van der Waals surface area (Å²) < 4.78 is 18.5. The lowest BCUT2D eigenvalue weighted by Crippen LogP contribution is -2.15. The molecule has 0 unspecified atom stereocenters. The molecule has 4 heteroatoms. The summed E-state index contributed by atoms with van der Waals surface area (Å²) in [6.07, 6.45) is 0.0365. The number of carbonyl (C=O) groups is 1. The Morgan fingerprint density at radius 3 is 2.75 bits per heavy atom. The van der Waals surface area contributed by atoms with Gasteiger partial charge in [-0.15, -0.1) is 0 Å². The van der Waals surface area contributed by atoms with Crippen LogP contribution >= 0.6 is 11.6 Å². The zero-order chi connectivity index (χ0) is 12.1. The summed E-state index contributed by atoms with van der Waals surface area (Å²) in [4.78, 5) is 11.4. The van der Waals surface area contributed by atoms with E-state index in [0.717, 1.165) is 0 Å². The van der Waals surface area contributed by atoms with E-state index in [1.165, 1.54) is 12.1 Å². The number of Topliss-reactive ketones (excluding diaryl/α,β-unsaturated/α-hetero) is 1. The maximum Gasteiger partial charge on any atom is 0.162 e. The van der Waals surface area contributed by atoms with E-state index in [4.69, 9.17) is 16.3 Å². The second kappa shape index (κ2) is 5.97. The van der Waals surface area contributed by atoms with E-state index >= 15 is 0 Å². The van der Waals surface area contributed by atoms with Gasteiger partial charge in [-0.25, -0.2) is 4.39 Å². The van der Waals surface area contributed by atoms with Crippen LogP contribution in [0.5, 0.6) is 0 Å². The van der Waals surface area contributed by atoms with E-state index in [9.17, 15) is 9.18 Å². The maximum atomic E-state index is 13.3. The number of carbonyl (C=O) groups excluding carboxylic acids is 1. The zero-order valence-corrected chi connectivity index (χ0v) is 10.1. The summed E-state index contributed by atoms with van der Waals surface area (Å²) in [6, 6.07) is 4.29. The van der Waals surface area contributed by atoms with Gasteiger partial charge in [-0.05, 0) is 31.5 Å². The van der Waals surface area contributed by atoms with Crippen molar-refractivity contribution in [3.05, 3.63) is 34.6 Å². The van der Waals surface area contributed by atoms with Gasteiger partial charge >= 0.3 is 0 Å². The Bertz CT molecular complexity index is 377. The minimum atomic E-state index is -0.453. The largest absolute Gasteiger partial charge is 0.371 e. The van der Waals surface area contributed by atoms with Gasteiger partial charge in [-0.2, -0.15) is 0 Å². The van der Waals surface area contributed by atoms with E-state index in [2.05, 4.69) is 0 Å². The molecule has 1 aromatic carbocycles. The Morgan fingerprint density at radius 1 is 1.50 bits per heavy atom. The van der Waals surface area contributed by atoms with Crippen molar-refractivity contribution in [1.29, 1.82) is 0 Å². The smallest absolute Gasteiger partial charge is 0.162 e. The Balaban J connectivity index is 2.56. The van der Waals surface area contributed by atoms with E-state index in [1.54, 1.807) is 6.07 Å². The van der Waals surface area contributed by atoms with Gasteiger partial charge in [0.1, 0.15) is 12.4 Å². The number of ketones is 1. The summed E-state index contributed by atoms with van der Waals surface area (Å²) in [6.45, 7) is 3.70. The maximum absolute atomic E-state index is 13.3. The Hall–Kier alpha value is -0.930. The van der Waals surface area contributed by atoms with Crippen LogP contribution in [0.2, 0.25) is 5.02 Å². The SMILES string of the molecule is CC(C)OCC(=O)Cc1ccc(Cl)cc1F. The molecule has 0 aliphatic heterocycles. The molecule has 0 heterocycles. The molecule has 0 radical (unpaired) electrons. The van der Waals surface area contributed by atoms with Crippen LogP contribution in [0.1, 0.15) is 19.4 Å². The van der Waals surface area contributed by atoms with Gasteiger partial charge in [-0.1, -0.05) is 17.7 Å². The van der Waals surface area contributed by atoms with Crippen molar-refractivity contribution in [3.63, 3.8) is 0 Å². The molecule has 0 saturated carbocycles. The normalized spacial score (nSPS) is 10.8. The third-order valence-corrected chi connectivity index (χ3v) is 2.22. The first kappa shape index (κ1) is 13.1. The molecule has 0 fully saturated rings. The highest BCUT2D eigenvalue weighted by atomic mass is 35.5. The highest BCUT2D eigenvalue weighted by Crippen LogP contribution is 2.15. The molecule has 1 aromatic rings. The topological polar surface area (TPSA) is 26.3 Å². The van der Waals surface area contributed by atoms with Gasteiger partial charge < -0.3 is 4.74 Å². The predicted molar refractivity (Wildman–Crippen MR) is 61.2 cm³/mol. The van der Waals surface area contributed by atoms with Crippen molar-refractivity contribution in [3.8, 4) is 0 Å². The molecule has 0 aromatic heterocycles. The number of halogens is 2.